The second kappa shape index (κ2) is 6.98. The first-order valence-electron chi connectivity index (χ1n) is 7.71. The van der Waals surface area contributed by atoms with Crippen LogP contribution in [0.3, 0.4) is 0 Å². The van der Waals surface area contributed by atoms with Gasteiger partial charge in [-0.1, -0.05) is 36.4 Å². The summed E-state index contributed by atoms with van der Waals surface area (Å²) in [6, 6.07) is 13.2. The molecule has 5 nitrogen and oxygen atoms in total. The third kappa shape index (κ3) is 3.81. The average Bonchev–Trinajstić information content (AvgIpc) is 2.59. The van der Waals surface area contributed by atoms with E-state index in [4.69, 9.17) is 0 Å². The maximum atomic E-state index is 13.2. The number of rotatable bonds is 5. The van der Waals surface area contributed by atoms with E-state index in [1.165, 1.54) is 22.5 Å². The van der Waals surface area contributed by atoms with Gasteiger partial charge in [0.1, 0.15) is 5.82 Å². The minimum absolute atomic E-state index is 0.204. The van der Waals surface area contributed by atoms with Crippen LogP contribution >= 0.6 is 0 Å². The van der Waals surface area contributed by atoms with Gasteiger partial charge in [-0.2, -0.15) is 17.4 Å². The van der Waals surface area contributed by atoms with Crippen molar-refractivity contribution in [3.8, 4) is 0 Å². The fourth-order valence-electron chi connectivity index (χ4n) is 2.78. The number of hydrogen-bond donors (Lipinski definition) is 2. The van der Waals surface area contributed by atoms with Crippen molar-refractivity contribution < 1.29 is 17.9 Å². The van der Waals surface area contributed by atoms with Crippen molar-refractivity contribution in [1.82, 2.24) is 9.03 Å². The van der Waals surface area contributed by atoms with E-state index < -0.39 is 22.1 Å². The molecule has 1 atom stereocenters. The second-order valence-electron chi connectivity index (χ2n) is 5.78. The minimum Gasteiger partial charge on any atom is -0.387 e. The summed E-state index contributed by atoms with van der Waals surface area (Å²) in [7, 11) is -3.71. The van der Waals surface area contributed by atoms with E-state index in [-0.39, 0.29) is 6.54 Å². The van der Waals surface area contributed by atoms with Crippen LogP contribution in [0.25, 0.3) is 0 Å². The molecule has 3 rings (SSSR count). The molecule has 1 heterocycles. The highest BCUT2D eigenvalue weighted by Gasteiger charge is 2.26. The van der Waals surface area contributed by atoms with Gasteiger partial charge in [-0.05, 0) is 35.2 Å². The van der Waals surface area contributed by atoms with Crippen LogP contribution in [0.5, 0.6) is 0 Å². The number of aliphatic hydroxyl groups is 1. The molecule has 0 bridgehead atoms. The number of hydrogen-bond acceptors (Lipinski definition) is 3. The van der Waals surface area contributed by atoms with Gasteiger partial charge in [0.05, 0.1) is 6.10 Å². The minimum atomic E-state index is -3.71. The third-order valence-corrected chi connectivity index (χ3v) is 5.65. The number of nitrogens with zero attached hydrogens (tertiary/aromatic N) is 1. The van der Waals surface area contributed by atoms with E-state index in [1.807, 2.05) is 24.3 Å². The van der Waals surface area contributed by atoms with Crippen LogP contribution in [-0.2, 0) is 23.2 Å². The van der Waals surface area contributed by atoms with Gasteiger partial charge < -0.3 is 5.11 Å². The molecule has 0 saturated heterocycles. The fourth-order valence-corrected chi connectivity index (χ4v) is 3.97. The maximum Gasteiger partial charge on any atom is 0.279 e. The molecule has 128 valence electrons. The SMILES string of the molecule is O=S(=O)(NCC(O)c1cccc(F)c1)N1CCc2ccccc2C1. The highest BCUT2D eigenvalue weighted by molar-refractivity contribution is 7.87. The molecule has 2 aromatic carbocycles. The molecule has 0 saturated carbocycles. The Balaban J connectivity index is 1.64. The quantitative estimate of drug-likeness (QED) is 0.863. The van der Waals surface area contributed by atoms with Crippen molar-refractivity contribution >= 4 is 10.2 Å². The van der Waals surface area contributed by atoms with Gasteiger partial charge in [0, 0.05) is 19.6 Å². The lowest BCUT2D eigenvalue weighted by atomic mass is 10.0. The Morgan fingerprint density at radius 2 is 1.92 bits per heavy atom. The molecule has 0 fully saturated rings. The highest BCUT2D eigenvalue weighted by Crippen LogP contribution is 2.20. The molecule has 0 amide bonds. The Kier molecular flexibility index (Phi) is 4.96. The van der Waals surface area contributed by atoms with Crippen molar-refractivity contribution in [2.75, 3.05) is 13.1 Å². The summed E-state index contributed by atoms with van der Waals surface area (Å²) in [5.41, 5.74) is 2.48. The van der Waals surface area contributed by atoms with Crippen molar-refractivity contribution in [2.45, 2.75) is 19.1 Å². The molecule has 2 aromatic rings. The van der Waals surface area contributed by atoms with Gasteiger partial charge in [0.25, 0.3) is 10.2 Å². The monoisotopic (exact) mass is 350 g/mol. The van der Waals surface area contributed by atoms with E-state index in [0.29, 0.717) is 25.1 Å². The summed E-state index contributed by atoms with van der Waals surface area (Å²) >= 11 is 0. The van der Waals surface area contributed by atoms with E-state index in [1.54, 1.807) is 6.07 Å². The van der Waals surface area contributed by atoms with Crippen LogP contribution in [0.4, 0.5) is 4.39 Å². The van der Waals surface area contributed by atoms with Crippen LogP contribution in [-0.4, -0.2) is 30.9 Å². The van der Waals surface area contributed by atoms with Gasteiger partial charge >= 0.3 is 0 Å². The zero-order valence-electron chi connectivity index (χ0n) is 13.0. The third-order valence-electron chi connectivity index (χ3n) is 4.13. The van der Waals surface area contributed by atoms with Crippen molar-refractivity contribution in [3.05, 3.63) is 71.0 Å². The fraction of sp³-hybridized carbons (Fsp3) is 0.294. The first-order valence-corrected chi connectivity index (χ1v) is 9.15. The molecule has 0 spiro atoms. The lowest BCUT2D eigenvalue weighted by Gasteiger charge is -2.28. The molecule has 24 heavy (non-hydrogen) atoms. The van der Waals surface area contributed by atoms with Crippen molar-refractivity contribution in [2.24, 2.45) is 0 Å². The van der Waals surface area contributed by atoms with Gasteiger partial charge in [0.15, 0.2) is 0 Å². The first-order chi connectivity index (χ1) is 11.5. The van der Waals surface area contributed by atoms with Crippen molar-refractivity contribution in [3.63, 3.8) is 0 Å². The number of fused-ring (bicyclic) bond motifs is 1. The largest absolute Gasteiger partial charge is 0.387 e. The summed E-state index contributed by atoms with van der Waals surface area (Å²) in [4.78, 5) is 0. The van der Waals surface area contributed by atoms with Crippen LogP contribution < -0.4 is 4.72 Å². The predicted molar refractivity (Wildman–Crippen MR) is 88.8 cm³/mol. The summed E-state index contributed by atoms with van der Waals surface area (Å²) in [6.07, 6.45) is -0.448. The summed E-state index contributed by atoms with van der Waals surface area (Å²) in [6.45, 7) is 0.494. The first kappa shape index (κ1) is 17.0. The standard InChI is InChI=1S/C17H19FN2O3S/c18-16-7-3-6-14(10-16)17(21)11-19-24(22,23)20-9-8-13-4-1-2-5-15(13)12-20/h1-7,10,17,19,21H,8-9,11-12H2. The smallest absolute Gasteiger partial charge is 0.279 e. The number of halogens is 1. The van der Waals surface area contributed by atoms with Crippen molar-refractivity contribution in [1.29, 1.82) is 0 Å². The number of aliphatic hydroxyl groups excluding tert-OH is 1. The predicted octanol–water partition coefficient (Wildman–Crippen LogP) is 1.75. The van der Waals surface area contributed by atoms with Gasteiger partial charge in [0.2, 0.25) is 0 Å². The van der Waals surface area contributed by atoms with E-state index in [0.717, 1.165) is 11.1 Å². The Hall–Kier alpha value is -1.80. The second-order valence-corrected chi connectivity index (χ2v) is 7.53. The normalized spacial score (nSPS) is 16.6. The zero-order chi connectivity index (χ0) is 17.2. The molecule has 0 aromatic heterocycles. The number of nitrogens with one attached hydrogen (secondary N) is 1. The topological polar surface area (TPSA) is 69.6 Å². The molecule has 0 radical (unpaired) electrons. The van der Waals surface area contributed by atoms with Gasteiger partial charge in [-0.15, -0.1) is 0 Å². The highest BCUT2D eigenvalue weighted by atomic mass is 32.2. The molecule has 0 aliphatic carbocycles. The lowest BCUT2D eigenvalue weighted by molar-refractivity contribution is 0.180. The van der Waals surface area contributed by atoms with Gasteiger partial charge in [-0.3, -0.25) is 0 Å². The zero-order valence-corrected chi connectivity index (χ0v) is 13.8. The molecule has 7 heteroatoms. The Labute approximate surface area is 140 Å². The van der Waals surface area contributed by atoms with Crippen LogP contribution in [0.15, 0.2) is 48.5 Å². The van der Waals surface area contributed by atoms with Gasteiger partial charge in [-0.25, -0.2) is 4.39 Å². The Bertz CT molecular complexity index is 826. The molecule has 2 N–H and O–H groups in total. The molecule has 1 unspecified atom stereocenters. The van der Waals surface area contributed by atoms with Crippen LogP contribution in [0.2, 0.25) is 0 Å². The molecule has 1 aliphatic rings. The van der Waals surface area contributed by atoms with Crippen LogP contribution in [0.1, 0.15) is 22.8 Å². The summed E-state index contributed by atoms with van der Waals surface area (Å²) < 4.78 is 41.8. The Morgan fingerprint density at radius 1 is 1.17 bits per heavy atom. The van der Waals surface area contributed by atoms with E-state index in [2.05, 4.69) is 4.72 Å². The van der Waals surface area contributed by atoms with Crippen LogP contribution in [0, 0.1) is 5.82 Å². The summed E-state index contributed by atoms with van der Waals surface area (Å²) in [5, 5.41) is 10.1. The lowest BCUT2D eigenvalue weighted by Crippen LogP contribution is -2.44. The maximum absolute atomic E-state index is 13.2. The van der Waals surface area contributed by atoms with E-state index >= 15 is 0 Å². The molecular weight excluding hydrogens is 331 g/mol. The Morgan fingerprint density at radius 3 is 2.67 bits per heavy atom. The molecule has 1 aliphatic heterocycles. The molecular formula is C17H19FN2O3S. The average molecular weight is 350 g/mol. The number of benzene rings is 2. The summed E-state index contributed by atoms with van der Waals surface area (Å²) in [5.74, 6) is -0.470. The van der Waals surface area contributed by atoms with E-state index in [9.17, 15) is 17.9 Å².